The van der Waals surface area contributed by atoms with Crippen LogP contribution in [0, 0.1) is 0 Å². The van der Waals surface area contributed by atoms with Crippen LogP contribution in [0.3, 0.4) is 0 Å². The average molecular weight is 436 g/mol. The van der Waals surface area contributed by atoms with Crippen molar-refractivity contribution in [2.45, 2.75) is 57.4 Å². The van der Waals surface area contributed by atoms with Crippen LogP contribution in [-0.2, 0) is 16.1 Å². The molecular formula is C25H33N5O2. The van der Waals surface area contributed by atoms with Crippen LogP contribution in [0.1, 0.15) is 67.9 Å². The van der Waals surface area contributed by atoms with E-state index in [2.05, 4.69) is 17.4 Å². The Kier molecular flexibility index (Phi) is 7.02. The van der Waals surface area contributed by atoms with Crippen LogP contribution < -0.4 is 5.32 Å². The summed E-state index contributed by atoms with van der Waals surface area (Å²) in [7, 11) is 1.86. The molecule has 32 heavy (non-hydrogen) atoms. The van der Waals surface area contributed by atoms with E-state index in [9.17, 15) is 9.59 Å². The molecule has 2 aromatic rings. The van der Waals surface area contributed by atoms with Gasteiger partial charge in [-0.25, -0.2) is 9.97 Å². The SMILES string of the molecule is CCCC(=O)N1CCC(c2nc(NC)cc(C3CC(=O)N(Cc4ccccc4)C3)n2)CC1. The van der Waals surface area contributed by atoms with Gasteiger partial charge in [0.25, 0.3) is 0 Å². The van der Waals surface area contributed by atoms with Gasteiger partial charge < -0.3 is 15.1 Å². The minimum absolute atomic E-state index is 0.0753. The second-order valence-corrected chi connectivity index (χ2v) is 8.85. The van der Waals surface area contributed by atoms with Gasteiger partial charge in [0, 0.05) is 64.0 Å². The fraction of sp³-hybridized carbons (Fsp3) is 0.520. The van der Waals surface area contributed by atoms with E-state index in [1.165, 1.54) is 0 Å². The third kappa shape index (κ3) is 5.09. The Bertz CT molecular complexity index is 941. The lowest BCUT2D eigenvalue weighted by atomic mass is 9.95. The van der Waals surface area contributed by atoms with Gasteiger partial charge in [-0.15, -0.1) is 0 Å². The molecule has 2 aliphatic rings. The monoisotopic (exact) mass is 435 g/mol. The molecule has 0 aliphatic carbocycles. The number of nitrogens with zero attached hydrogens (tertiary/aromatic N) is 4. The van der Waals surface area contributed by atoms with Crippen LogP contribution in [0.4, 0.5) is 5.82 Å². The molecule has 0 radical (unpaired) electrons. The van der Waals surface area contributed by atoms with Crippen molar-refractivity contribution in [2.75, 3.05) is 32.0 Å². The summed E-state index contributed by atoms with van der Waals surface area (Å²) in [5.41, 5.74) is 2.08. The number of amides is 2. The molecule has 7 nitrogen and oxygen atoms in total. The van der Waals surface area contributed by atoms with Gasteiger partial charge in [-0.3, -0.25) is 9.59 Å². The molecule has 0 spiro atoms. The quantitative estimate of drug-likeness (QED) is 0.720. The fourth-order valence-electron chi connectivity index (χ4n) is 4.69. The first-order chi connectivity index (χ1) is 15.6. The van der Waals surface area contributed by atoms with Gasteiger partial charge in [-0.05, 0) is 24.8 Å². The van der Waals surface area contributed by atoms with Crippen LogP contribution in [0.25, 0.3) is 0 Å². The molecule has 4 rings (SSSR count). The number of anilines is 1. The summed E-state index contributed by atoms with van der Waals surface area (Å²) in [5.74, 6) is 2.37. The maximum absolute atomic E-state index is 12.7. The van der Waals surface area contributed by atoms with Crippen molar-refractivity contribution in [1.82, 2.24) is 19.8 Å². The first-order valence-corrected chi connectivity index (χ1v) is 11.7. The number of likely N-dealkylation sites (tertiary alicyclic amines) is 2. The van der Waals surface area contributed by atoms with Crippen LogP contribution in [0.15, 0.2) is 36.4 Å². The minimum atomic E-state index is 0.0753. The standard InChI is InChI=1S/C25H33N5O2/c1-3-7-23(31)29-12-10-19(11-13-29)25-27-21(15-22(26-2)28-25)20-14-24(32)30(17-20)16-18-8-5-4-6-9-18/h4-6,8-9,15,19-20H,3,7,10-14,16-17H2,1-2H3,(H,26,27,28). The number of hydrogen-bond donors (Lipinski definition) is 1. The molecule has 1 atom stereocenters. The number of benzene rings is 1. The fourth-order valence-corrected chi connectivity index (χ4v) is 4.69. The Hall–Kier alpha value is -2.96. The molecule has 2 fully saturated rings. The van der Waals surface area contributed by atoms with Crippen molar-refractivity contribution >= 4 is 17.6 Å². The van der Waals surface area contributed by atoms with Crippen molar-refractivity contribution in [3.8, 4) is 0 Å². The minimum Gasteiger partial charge on any atom is -0.373 e. The van der Waals surface area contributed by atoms with Crippen LogP contribution >= 0.6 is 0 Å². The van der Waals surface area contributed by atoms with E-state index in [1.54, 1.807) is 0 Å². The zero-order chi connectivity index (χ0) is 22.5. The topological polar surface area (TPSA) is 78.4 Å². The van der Waals surface area contributed by atoms with E-state index in [4.69, 9.17) is 9.97 Å². The van der Waals surface area contributed by atoms with E-state index in [1.807, 2.05) is 48.0 Å². The number of carbonyl (C=O) groups excluding carboxylic acids is 2. The second-order valence-electron chi connectivity index (χ2n) is 8.85. The molecule has 1 N–H and O–H groups in total. The normalized spacial score (nSPS) is 19.4. The maximum Gasteiger partial charge on any atom is 0.223 e. The van der Waals surface area contributed by atoms with Crippen molar-refractivity contribution in [3.63, 3.8) is 0 Å². The highest BCUT2D eigenvalue weighted by Crippen LogP contribution is 2.32. The molecule has 0 bridgehead atoms. The van der Waals surface area contributed by atoms with Gasteiger partial charge >= 0.3 is 0 Å². The summed E-state index contributed by atoms with van der Waals surface area (Å²) in [4.78, 5) is 38.5. The molecule has 2 aliphatic heterocycles. The highest BCUT2D eigenvalue weighted by molar-refractivity contribution is 5.79. The molecular weight excluding hydrogens is 402 g/mol. The molecule has 7 heteroatoms. The number of carbonyl (C=O) groups is 2. The lowest BCUT2D eigenvalue weighted by molar-refractivity contribution is -0.132. The highest BCUT2D eigenvalue weighted by atomic mass is 16.2. The predicted octanol–water partition coefficient (Wildman–Crippen LogP) is 3.54. The number of rotatable bonds is 7. The zero-order valence-electron chi connectivity index (χ0n) is 19.1. The largest absolute Gasteiger partial charge is 0.373 e. The van der Waals surface area contributed by atoms with E-state index < -0.39 is 0 Å². The van der Waals surface area contributed by atoms with Gasteiger partial charge in [0.15, 0.2) is 0 Å². The average Bonchev–Trinajstić information content (AvgIpc) is 3.19. The maximum atomic E-state index is 12.7. The Morgan fingerprint density at radius 1 is 1.12 bits per heavy atom. The van der Waals surface area contributed by atoms with Crippen molar-refractivity contribution in [1.29, 1.82) is 0 Å². The van der Waals surface area contributed by atoms with Gasteiger partial charge in [-0.1, -0.05) is 37.3 Å². The van der Waals surface area contributed by atoms with Gasteiger partial charge in [-0.2, -0.15) is 0 Å². The number of hydrogen-bond acceptors (Lipinski definition) is 5. The Balaban J connectivity index is 1.46. The van der Waals surface area contributed by atoms with Crippen LogP contribution in [0.5, 0.6) is 0 Å². The third-order valence-electron chi connectivity index (χ3n) is 6.55. The molecule has 2 amide bonds. The van der Waals surface area contributed by atoms with Crippen molar-refractivity contribution in [3.05, 3.63) is 53.5 Å². The lowest BCUT2D eigenvalue weighted by Gasteiger charge is -2.31. The van der Waals surface area contributed by atoms with E-state index in [0.717, 1.165) is 55.3 Å². The van der Waals surface area contributed by atoms with E-state index in [-0.39, 0.29) is 23.7 Å². The van der Waals surface area contributed by atoms with Crippen LogP contribution in [0.2, 0.25) is 0 Å². The summed E-state index contributed by atoms with van der Waals surface area (Å²) in [5, 5.41) is 3.16. The Morgan fingerprint density at radius 2 is 1.88 bits per heavy atom. The zero-order valence-corrected chi connectivity index (χ0v) is 19.1. The van der Waals surface area contributed by atoms with Gasteiger partial charge in [0.2, 0.25) is 11.8 Å². The highest BCUT2D eigenvalue weighted by Gasteiger charge is 2.33. The third-order valence-corrected chi connectivity index (χ3v) is 6.55. The molecule has 2 saturated heterocycles. The van der Waals surface area contributed by atoms with Crippen molar-refractivity contribution in [2.24, 2.45) is 0 Å². The molecule has 1 unspecified atom stereocenters. The first kappa shape index (κ1) is 22.2. The second kappa shape index (κ2) is 10.1. The molecule has 1 aromatic heterocycles. The smallest absolute Gasteiger partial charge is 0.223 e. The van der Waals surface area contributed by atoms with E-state index in [0.29, 0.717) is 25.9 Å². The van der Waals surface area contributed by atoms with E-state index >= 15 is 0 Å². The number of aromatic nitrogens is 2. The van der Waals surface area contributed by atoms with Gasteiger partial charge in [0.05, 0.1) is 5.69 Å². The number of piperidine rings is 1. The summed E-state index contributed by atoms with van der Waals surface area (Å²) in [6.07, 6.45) is 3.75. The first-order valence-electron chi connectivity index (χ1n) is 11.7. The summed E-state index contributed by atoms with van der Waals surface area (Å²) >= 11 is 0. The molecule has 3 heterocycles. The van der Waals surface area contributed by atoms with Gasteiger partial charge in [0.1, 0.15) is 11.6 Å². The molecule has 0 saturated carbocycles. The molecule has 170 valence electrons. The summed E-state index contributed by atoms with van der Waals surface area (Å²) < 4.78 is 0. The molecule has 1 aromatic carbocycles. The Labute approximate surface area is 190 Å². The summed E-state index contributed by atoms with van der Waals surface area (Å²) in [6, 6.07) is 12.1. The Morgan fingerprint density at radius 3 is 2.56 bits per heavy atom. The number of nitrogens with one attached hydrogen (secondary N) is 1. The lowest BCUT2D eigenvalue weighted by Crippen LogP contribution is -2.38. The predicted molar refractivity (Wildman–Crippen MR) is 124 cm³/mol. The van der Waals surface area contributed by atoms with Crippen LogP contribution in [-0.4, -0.2) is 58.3 Å². The summed E-state index contributed by atoms with van der Waals surface area (Å²) in [6.45, 7) is 4.88. The van der Waals surface area contributed by atoms with Crippen molar-refractivity contribution < 1.29 is 9.59 Å².